The standard InChI is InChI=1S/C23H27N3O2/c1-15-10-17-12-18(23(28)25-22(17)11-16(15)2)13-24-19-5-7-20(8-6-19)26-9-3-4-21(27)14-26/h5-8,10-12,21,24,27H,3-4,9,13-14H2,1-2H3,(H,25,28). The molecule has 1 aromatic heterocycles. The van der Waals surface area contributed by atoms with Gasteiger partial charge in [-0.15, -0.1) is 0 Å². The molecule has 0 amide bonds. The van der Waals surface area contributed by atoms with Crippen LogP contribution in [0, 0.1) is 13.8 Å². The number of benzene rings is 2. The lowest BCUT2D eigenvalue weighted by molar-refractivity contribution is 0.154. The number of nitrogens with zero attached hydrogens (tertiary/aromatic N) is 1. The second-order valence-electron chi connectivity index (χ2n) is 7.79. The van der Waals surface area contributed by atoms with Gasteiger partial charge in [-0.1, -0.05) is 0 Å². The van der Waals surface area contributed by atoms with Crippen molar-refractivity contribution in [3.63, 3.8) is 0 Å². The number of aromatic nitrogens is 1. The maximum absolute atomic E-state index is 12.4. The number of aryl methyl sites for hydroxylation is 2. The van der Waals surface area contributed by atoms with Crippen molar-refractivity contribution < 1.29 is 5.11 Å². The summed E-state index contributed by atoms with van der Waals surface area (Å²) < 4.78 is 0. The van der Waals surface area contributed by atoms with Gasteiger partial charge in [-0.2, -0.15) is 0 Å². The van der Waals surface area contributed by atoms with Crippen LogP contribution in [-0.4, -0.2) is 29.3 Å². The third-order valence-corrected chi connectivity index (χ3v) is 5.65. The van der Waals surface area contributed by atoms with Gasteiger partial charge in [0.15, 0.2) is 0 Å². The summed E-state index contributed by atoms with van der Waals surface area (Å²) >= 11 is 0. The predicted molar refractivity (Wildman–Crippen MR) is 115 cm³/mol. The molecule has 1 fully saturated rings. The lowest BCUT2D eigenvalue weighted by atomic mass is 10.0. The second kappa shape index (κ2) is 7.68. The zero-order valence-corrected chi connectivity index (χ0v) is 16.5. The van der Waals surface area contributed by atoms with Crippen LogP contribution in [0.4, 0.5) is 11.4 Å². The summed E-state index contributed by atoms with van der Waals surface area (Å²) in [6.07, 6.45) is 1.67. The fourth-order valence-corrected chi connectivity index (χ4v) is 3.83. The zero-order valence-electron chi connectivity index (χ0n) is 16.5. The van der Waals surface area contributed by atoms with Gasteiger partial charge in [-0.25, -0.2) is 0 Å². The van der Waals surface area contributed by atoms with E-state index in [9.17, 15) is 9.90 Å². The number of piperidine rings is 1. The molecule has 1 unspecified atom stereocenters. The van der Waals surface area contributed by atoms with Gasteiger partial charge in [0.1, 0.15) is 0 Å². The minimum absolute atomic E-state index is 0.0535. The Morgan fingerprint density at radius 2 is 1.89 bits per heavy atom. The van der Waals surface area contributed by atoms with Crippen molar-refractivity contribution in [1.82, 2.24) is 4.98 Å². The van der Waals surface area contributed by atoms with Crippen LogP contribution in [0.3, 0.4) is 0 Å². The third kappa shape index (κ3) is 3.90. The van der Waals surface area contributed by atoms with Crippen molar-refractivity contribution in [3.05, 3.63) is 69.5 Å². The molecule has 3 N–H and O–H groups in total. The normalized spacial score (nSPS) is 17.1. The summed E-state index contributed by atoms with van der Waals surface area (Å²) in [5.74, 6) is 0. The van der Waals surface area contributed by atoms with Crippen molar-refractivity contribution in [2.75, 3.05) is 23.3 Å². The first-order valence-corrected chi connectivity index (χ1v) is 9.90. The summed E-state index contributed by atoms with van der Waals surface area (Å²) in [7, 11) is 0. The second-order valence-corrected chi connectivity index (χ2v) is 7.79. The lowest BCUT2D eigenvalue weighted by Crippen LogP contribution is -2.38. The van der Waals surface area contributed by atoms with Crippen LogP contribution in [0.2, 0.25) is 0 Å². The number of hydrogen-bond acceptors (Lipinski definition) is 4. The van der Waals surface area contributed by atoms with E-state index in [1.807, 2.05) is 24.3 Å². The molecule has 1 atom stereocenters. The topological polar surface area (TPSA) is 68.4 Å². The van der Waals surface area contributed by atoms with Gasteiger partial charge in [0, 0.05) is 42.1 Å². The van der Waals surface area contributed by atoms with Crippen LogP contribution in [0.1, 0.15) is 29.5 Å². The molecule has 5 nitrogen and oxygen atoms in total. The van der Waals surface area contributed by atoms with Crippen molar-refractivity contribution >= 4 is 22.3 Å². The van der Waals surface area contributed by atoms with E-state index in [4.69, 9.17) is 0 Å². The van der Waals surface area contributed by atoms with Crippen molar-refractivity contribution in [3.8, 4) is 0 Å². The molecule has 0 radical (unpaired) electrons. The molecular weight excluding hydrogens is 350 g/mol. The first kappa shape index (κ1) is 18.6. The molecule has 0 spiro atoms. The van der Waals surface area contributed by atoms with E-state index in [1.165, 1.54) is 11.1 Å². The molecule has 2 heterocycles. The van der Waals surface area contributed by atoms with E-state index in [2.05, 4.69) is 47.2 Å². The maximum Gasteiger partial charge on any atom is 0.253 e. The van der Waals surface area contributed by atoms with E-state index in [-0.39, 0.29) is 11.7 Å². The number of aromatic amines is 1. The number of hydrogen-bond donors (Lipinski definition) is 3. The number of aliphatic hydroxyl groups is 1. The smallest absolute Gasteiger partial charge is 0.253 e. The highest BCUT2D eigenvalue weighted by molar-refractivity contribution is 5.80. The van der Waals surface area contributed by atoms with E-state index < -0.39 is 0 Å². The SMILES string of the molecule is Cc1cc2cc(CNc3ccc(N4CCCC(O)C4)cc3)c(=O)[nH]c2cc1C. The van der Waals surface area contributed by atoms with Gasteiger partial charge in [0.25, 0.3) is 5.56 Å². The molecule has 28 heavy (non-hydrogen) atoms. The van der Waals surface area contributed by atoms with Crippen LogP contribution in [0.25, 0.3) is 10.9 Å². The van der Waals surface area contributed by atoms with Crippen molar-refractivity contribution in [1.29, 1.82) is 0 Å². The first-order chi connectivity index (χ1) is 13.5. The highest BCUT2D eigenvalue weighted by Gasteiger charge is 2.17. The van der Waals surface area contributed by atoms with E-state index in [1.54, 1.807) is 0 Å². The Balaban J connectivity index is 1.47. The lowest BCUT2D eigenvalue weighted by Gasteiger charge is -2.32. The van der Waals surface area contributed by atoms with Gasteiger partial charge in [0.05, 0.1) is 6.10 Å². The van der Waals surface area contributed by atoms with Gasteiger partial charge >= 0.3 is 0 Å². The molecule has 3 aromatic rings. The van der Waals surface area contributed by atoms with Gasteiger partial charge in [-0.3, -0.25) is 4.79 Å². The van der Waals surface area contributed by atoms with Crippen molar-refractivity contribution in [2.45, 2.75) is 39.3 Å². The Morgan fingerprint density at radius 1 is 1.14 bits per heavy atom. The quantitative estimate of drug-likeness (QED) is 0.648. The minimum atomic E-state index is -0.237. The Hall–Kier alpha value is -2.79. The monoisotopic (exact) mass is 377 g/mol. The number of fused-ring (bicyclic) bond motifs is 1. The summed E-state index contributed by atoms with van der Waals surface area (Å²) in [4.78, 5) is 17.6. The van der Waals surface area contributed by atoms with Gasteiger partial charge in [0.2, 0.25) is 0 Å². The Labute approximate surface area is 165 Å². The highest BCUT2D eigenvalue weighted by atomic mass is 16.3. The van der Waals surface area contributed by atoms with Crippen LogP contribution < -0.4 is 15.8 Å². The molecule has 0 bridgehead atoms. The largest absolute Gasteiger partial charge is 0.391 e. The van der Waals surface area contributed by atoms with Crippen molar-refractivity contribution in [2.24, 2.45) is 0 Å². The number of anilines is 2. The third-order valence-electron chi connectivity index (χ3n) is 5.65. The molecule has 1 saturated heterocycles. The summed E-state index contributed by atoms with van der Waals surface area (Å²) in [5.41, 5.74) is 6.04. The van der Waals surface area contributed by atoms with Crippen LogP contribution in [0.5, 0.6) is 0 Å². The molecule has 1 aliphatic heterocycles. The highest BCUT2D eigenvalue weighted by Crippen LogP contribution is 2.22. The number of β-amino-alcohol motifs (C(OH)–C–C–N with tert-alkyl or cyclic N) is 1. The average molecular weight is 377 g/mol. The van der Waals surface area contributed by atoms with Gasteiger partial charge in [-0.05, 0) is 85.7 Å². The molecule has 1 aliphatic rings. The number of aliphatic hydroxyl groups excluding tert-OH is 1. The number of H-pyrrole nitrogens is 1. The fourth-order valence-electron chi connectivity index (χ4n) is 3.83. The molecule has 146 valence electrons. The number of nitrogens with one attached hydrogen (secondary N) is 2. The Kier molecular flexibility index (Phi) is 5.09. The summed E-state index contributed by atoms with van der Waals surface area (Å²) in [5, 5.41) is 14.3. The molecule has 2 aromatic carbocycles. The fraction of sp³-hybridized carbons (Fsp3) is 0.348. The minimum Gasteiger partial charge on any atom is -0.391 e. The number of pyridine rings is 1. The van der Waals surface area contributed by atoms with Gasteiger partial charge < -0.3 is 20.3 Å². The molecule has 4 rings (SSSR count). The van der Waals surface area contributed by atoms with Crippen LogP contribution in [0.15, 0.2) is 47.3 Å². The average Bonchev–Trinajstić information content (AvgIpc) is 2.68. The molecular formula is C23H27N3O2. The van der Waals surface area contributed by atoms with E-state index >= 15 is 0 Å². The molecule has 5 heteroatoms. The molecule has 0 aliphatic carbocycles. The Morgan fingerprint density at radius 3 is 2.64 bits per heavy atom. The van der Waals surface area contributed by atoms with Crippen LogP contribution in [-0.2, 0) is 6.54 Å². The summed E-state index contributed by atoms with van der Waals surface area (Å²) in [6.45, 7) is 6.28. The maximum atomic E-state index is 12.4. The predicted octanol–water partition coefficient (Wildman–Crippen LogP) is 3.72. The molecule has 0 saturated carbocycles. The first-order valence-electron chi connectivity index (χ1n) is 9.90. The van der Waals surface area contributed by atoms with Crippen LogP contribution >= 0.6 is 0 Å². The van der Waals surface area contributed by atoms with E-state index in [0.717, 1.165) is 47.2 Å². The zero-order chi connectivity index (χ0) is 19.7. The van der Waals surface area contributed by atoms with E-state index in [0.29, 0.717) is 13.1 Å². The summed E-state index contributed by atoms with van der Waals surface area (Å²) in [6, 6.07) is 14.3. The number of rotatable bonds is 4. The Bertz CT molecular complexity index is 1040.